The van der Waals surface area contributed by atoms with Gasteiger partial charge in [-0.25, -0.2) is 0 Å². The Labute approximate surface area is 135 Å². The van der Waals surface area contributed by atoms with Crippen LogP contribution < -0.4 is 16.4 Å². The molecule has 3 atom stereocenters. The van der Waals surface area contributed by atoms with Crippen molar-refractivity contribution in [3.05, 3.63) is 41.7 Å². The topological polar surface area (TPSA) is 80.3 Å². The first-order valence-corrected chi connectivity index (χ1v) is 8.13. The number of anilines is 1. The van der Waals surface area contributed by atoms with Crippen LogP contribution in [0.15, 0.2) is 34.7 Å². The Kier molecular flexibility index (Phi) is 3.38. The van der Waals surface area contributed by atoms with E-state index in [4.69, 9.17) is 10.2 Å². The number of rotatable bonds is 3. The molecule has 4 N–H and O–H groups in total. The molecule has 0 aliphatic carbocycles. The maximum atomic E-state index is 12.4. The van der Waals surface area contributed by atoms with Crippen LogP contribution in [0.1, 0.15) is 35.4 Å². The number of nitrogens with one attached hydrogen (secondary N) is 2. The minimum absolute atomic E-state index is 0.152. The van der Waals surface area contributed by atoms with E-state index in [9.17, 15) is 4.79 Å². The molecule has 4 rings (SSSR count). The third-order valence-corrected chi connectivity index (χ3v) is 4.92. The fourth-order valence-corrected chi connectivity index (χ4v) is 3.73. The van der Waals surface area contributed by atoms with Crippen molar-refractivity contribution in [2.75, 3.05) is 5.73 Å². The van der Waals surface area contributed by atoms with E-state index in [1.54, 1.807) is 12.1 Å². The maximum Gasteiger partial charge on any atom is 0.287 e. The predicted molar refractivity (Wildman–Crippen MR) is 89.1 cm³/mol. The van der Waals surface area contributed by atoms with Gasteiger partial charge in [-0.3, -0.25) is 4.79 Å². The van der Waals surface area contributed by atoms with E-state index in [1.165, 1.54) is 6.42 Å². The summed E-state index contributed by atoms with van der Waals surface area (Å²) < 4.78 is 5.73. The molecule has 2 aliphatic heterocycles. The quantitative estimate of drug-likeness (QED) is 0.761. The predicted octanol–water partition coefficient (Wildman–Crippen LogP) is 2.46. The molecule has 1 aromatic carbocycles. The van der Waals surface area contributed by atoms with Crippen molar-refractivity contribution >= 4 is 11.6 Å². The SMILES string of the molecule is Cc1ccc(-c2ccc(C(=O)N[C@@H]3C[C@H]4CC[C@@H]3N4)o2)c(N)c1. The highest BCUT2D eigenvalue weighted by molar-refractivity contribution is 5.92. The summed E-state index contributed by atoms with van der Waals surface area (Å²) in [5.74, 6) is 0.808. The number of nitrogens with two attached hydrogens (primary N) is 1. The number of carbonyl (C=O) groups excluding carboxylic acids is 1. The lowest BCUT2D eigenvalue weighted by molar-refractivity contribution is 0.0903. The minimum Gasteiger partial charge on any atom is -0.451 e. The third kappa shape index (κ3) is 2.61. The molecular weight excluding hydrogens is 290 g/mol. The highest BCUT2D eigenvalue weighted by atomic mass is 16.3. The molecule has 23 heavy (non-hydrogen) atoms. The zero-order valence-corrected chi connectivity index (χ0v) is 13.1. The molecule has 0 saturated carbocycles. The average Bonchev–Trinajstić information content (AvgIpc) is 3.23. The maximum absolute atomic E-state index is 12.4. The molecule has 5 nitrogen and oxygen atoms in total. The van der Waals surface area contributed by atoms with Crippen LogP contribution in [0.3, 0.4) is 0 Å². The summed E-state index contributed by atoms with van der Waals surface area (Å²) in [5, 5.41) is 6.61. The van der Waals surface area contributed by atoms with Gasteiger partial charge in [-0.05, 0) is 56.0 Å². The second kappa shape index (κ2) is 5.42. The first kappa shape index (κ1) is 14.3. The fraction of sp³-hybridized carbons (Fsp3) is 0.389. The molecule has 2 aromatic rings. The molecule has 120 valence electrons. The highest BCUT2D eigenvalue weighted by Crippen LogP contribution is 2.30. The summed E-state index contributed by atoms with van der Waals surface area (Å²) in [6, 6.07) is 10.5. The van der Waals surface area contributed by atoms with Gasteiger partial charge in [0.2, 0.25) is 0 Å². The van der Waals surface area contributed by atoms with Gasteiger partial charge >= 0.3 is 0 Å². The van der Waals surface area contributed by atoms with E-state index in [0.717, 1.165) is 24.0 Å². The number of amides is 1. The van der Waals surface area contributed by atoms with Crippen molar-refractivity contribution in [2.45, 2.75) is 44.3 Å². The summed E-state index contributed by atoms with van der Waals surface area (Å²) in [6.45, 7) is 1.99. The first-order valence-electron chi connectivity index (χ1n) is 8.13. The van der Waals surface area contributed by atoms with Gasteiger partial charge in [-0.15, -0.1) is 0 Å². The summed E-state index contributed by atoms with van der Waals surface area (Å²) >= 11 is 0. The zero-order chi connectivity index (χ0) is 16.0. The monoisotopic (exact) mass is 311 g/mol. The number of furan rings is 1. The number of aryl methyl sites for hydroxylation is 1. The van der Waals surface area contributed by atoms with E-state index in [2.05, 4.69) is 10.6 Å². The highest BCUT2D eigenvalue weighted by Gasteiger charge is 2.39. The van der Waals surface area contributed by atoms with Crippen molar-refractivity contribution in [2.24, 2.45) is 0 Å². The second-order valence-electron chi connectivity index (χ2n) is 6.62. The average molecular weight is 311 g/mol. The Morgan fingerprint density at radius 3 is 2.87 bits per heavy atom. The van der Waals surface area contributed by atoms with E-state index in [-0.39, 0.29) is 11.9 Å². The van der Waals surface area contributed by atoms with Gasteiger partial charge in [-0.2, -0.15) is 0 Å². The molecule has 2 saturated heterocycles. The van der Waals surface area contributed by atoms with Crippen LogP contribution in [0, 0.1) is 6.92 Å². The number of carbonyl (C=O) groups is 1. The molecule has 5 heteroatoms. The van der Waals surface area contributed by atoms with Gasteiger partial charge in [0, 0.05) is 29.4 Å². The van der Waals surface area contributed by atoms with Crippen molar-refractivity contribution in [1.29, 1.82) is 0 Å². The van der Waals surface area contributed by atoms with E-state index in [0.29, 0.717) is 29.3 Å². The lowest BCUT2D eigenvalue weighted by Crippen LogP contribution is -2.42. The molecule has 2 fully saturated rings. The fourth-order valence-electron chi connectivity index (χ4n) is 3.73. The van der Waals surface area contributed by atoms with Gasteiger partial charge in [0.1, 0.15) is 5.76 Å². The molecule has 1 aromatic heterocycles. The normalized spacial score (nSPS) is 25.7. The smallest absolute Gasteiger partial charge is 0.287 e. The molecular formula is C18H21N3O2. The van der Waals surface area contributed by atoms with E-state index in [1.807, 2.05) is 25.1 Å². The molecule has 1 amide bonds. The van der Waals surface area contributed by atoms with Crippen molar-refractivity contribution in [3.8, 4) is 11.3 Å². The summed E-state index contributed by atoms with van der Waals surface area (Å²) in [6.07, 6.45) is 3.36. The standard InChI is InChI=1S/C18H21N3O2/c1-10-2-4-12(13(19)8-10)16-6-7-17(23-16)18(22)21-15-9-11-3-5-14(15)20-11/h2,4,6-8,11,14-15,20H,3,5,9,19H2,1H3,(H,21,22)/t11-,14+,15-/m1/s1. The number of hydrogen-bond acceptors (Lipinski definition) is 4. The number of nitrogen functional groups attached to an aromatic ring is 1. The Bertz CT molecular complexity index is 752. The van der Waals surface area contributed by atoms with Crippen LogP contribution in [-0.2, 0) is 0 Å². The van der Waals surface area contributed by atoms with Gasteiger partial charge in [0.15, 0.2) is 5.76 Å². The van der Waals surface area contributed by atoms with Crippen LogP contribution in [-0.4, -0.2) is 24.0 Å². The Balaban J connectivity index is 1.50. The van der Waals surface area contributed by atoms with E-state index >= 15 is 0 Å². The second-order valence-corrected chi connectivity index (χ2v) is 6.62. The number of hydrogen-bond donors (Lipinski definition) is 3. The number of benzene rings is 1. The lowest BCUT2D eigenvalue weighted by atomic mass is 9.95. The summed E-state index contributed by atoms with van der Waals surface area (Å²) in [5.41, 5.74) is 8.61. The van der Waals surface area contributed by atoms with Crippen LogP contribution in [0.4, 0.5) is 5.69 Å². The summed E-state index contributed by atoms with van der Waals surface area (Å²) in [7, 11) is 0. The van der Waals surface area contributed by atoms with Gasteiger partial charge < -0.3 is 20.8 Å². The van der Waals surface area contributed by atoms with Crippen LogP contribution in [0.2, 0.25) is 0 Å². The van der Waals surface area contributed by atoms with Crippen LogP contribution in [0.5, 0.6) is 0 Å². The third-order valence-electron chi connectivity index (χ3n) is 4.92. The summed E-state index contributed by atoms with van der Waals surface area (Å²) in [4.78, 5) is 12.4. The van der Waals surface area contributed by atoms with Crippen LogP contribution >= 0.6 is 0 Å². The van der Waals surface area contributed by atoms with Crippen molar-refractivity contribution < 1.29 is 9.21 Å². The molecule has 2 bridgehead atoms. The molecule has 0 spiro atoms. The largest absolute Gasteiger partial charge is 0.451 e. The van der Waals surface area contributed by atoms with Crippen molar-refractivity contribution in [1.82, 2.24) is 10.6 Å². The Morgan fingerprint density at radius 1 is 1.30 bits per heavy atom. The van der Waals surface area contributed by atoms with Gasteiger partial charge in [0.05, 0.1) is 0 Å². The molecule has 2 aliphatic rings. The van der Waals surface area contributed by atoms with Gasteiger partial charge in [-0.1, -0.05) is 6.07 Å². The van der Waals surface area contributed by atoms with Crippen LogP contribution in [0.25, 0.3) is 11.3 Å². The molecule has 3 heterocycles. The Morgan fingerprint density at radius 2 is 2.17 bits per heavy atom. The lowest BCUT2D eigenvalue weighted by Gasteiger charge is -2.20. The first-order chi connectivity index (χ1) is 11.1. The zero-order valence-electron chi connectivity index (χ0n) is 13.1. The molecule has 0 radical (unpaired) electrons. The van der Waals surface area contributed by atoms with E-state index < -0.39 is 0 Å². The Hall–Kier alpha value is -2.27. The number of fused-ring (bicyclic) bond motifs is 2. The van der Waals surface area contributed by atoms with Crippen molar-refractivity contribution in [3.63, 3.8) is 0 Å². The van der Waals surface area contributed by atoms with Gasteiger partial charge in [0.25, 0.3) is 5.91 Å². The minimum atomic E-state index is -0.152. The molecule has 0 unspecified atom stereocenters.